The average Bonchev–Trinajstić information content (AvgIpc) is 2.98. The third-order valence-corrected chi connectivity index (χ3v) is 4.33. The molecule has 0 unspecified atom stereocenters. The molecule has 0 bridgehead atoms. The quantitative estimate of drug-likeness (QED) is 0.870. The fourth-order valence-corrected chi connectivity index (χ4v) is 3.21. The van der Waals surface area contributed by atoms with E-state index in [1.54, 1.807) is 12.4 Å². The van der Waals surface area contributed by atoms with Crippen LogP contribution in [0.5, 0.6) is 0 Å². The second kappa shape index (κ2) is 5.09. The van der Waals surface area contributed by atoms with Crippen LogP contribution in [0.4, 0.5) is 5.82 Å². The summed E-state index contributed by atoms with van der Waals surface area (Å²) in [5.74, 6) is 0.612. The molecule has 2 aromatic heterocycles. The Balaban J connectivity index is 1.52. The lowest BCUT2D eigenvalue weighted by Crippen LogP contribution is -2.47. The number of pyridine rings is 1. The maximum atomic E-state index is 5.94. The van der Waals surface area contributed by atoms with Crippen LogP contribution in [0.25, 0.3) is 0 Å². The first-order chi connectivity index (χ1) is 10.3. The van der Waals surface area contributed by atoms with Gasteiger partial charge in [0.05, 0.1) is 30.6 Å². The zero-order valence-corrected chi connectivity index (χ0v) is 11.7. The van der Waals surface area contributed by atoms with Gasteiger partial charge in [-0.1, -0.05) is 11.3 Å². The predicted octanol–water partition coefficient (Wildman–Crippen LogP) is 0.601. The molecular formula is C14H18N6O. The number of anilines is 1. The van der Waals surface area contributed by atoms with E-state index in [9.17, 15) is 0 Å². The fraction of sp³-hybridized carbons (Fsp3) is 0.500. The Labute approximate surface area is 122 Å². The maximum Gasteiger partial charge on any atom is 0.127 e. The second-order valence-corrected chi connectivity index (χ2v) is 5.66. The highest BCUT2D eigenvalue weighted by molar-refractivity contribution is 5.38. The van der Waals surface area contributed by atoms with E-state index in [2.05, 4.69) is 20.2 Å². The van der Waals surface area contributed by atoms with Crippen LogP contribution in [-0.2, 0) is 17.9 Å². The molecule has 0 aliphatic carbocycles. The topological polar surface area (TPSA) is 82.1 Å². The van der Waals surface area contributed by atoms with E-state index in [1.165, 1.54) is 0 Å². The number of aromatic nitrogens is 4. The predicted molar refractivity (Wildman–Crippen MR) is 76.2 cm³/mol. The fourth-order valence-electron chi connectivity index (χ4n) is 3.21. The van der Waals surface area contributed by atoms with E-state index in [1.807, 2.05) is 16.8 Å². The maximum absolute atomic E-state index is 5.94. The minimum absolute atomic E-state index is 0.238. The van der Waals surface area contributed by atoms with Crippen LogP contribution >= 0.6 is 0 Å². The zero-order chi connectivity index (χ0) is 14.2. The molecule has 0 spiro atoms. The molecule has 21 heavy (non-hydrogen) atoms. The van der Waals surface area contributed by atoms with Crippen LogP contribution in [0.3, 0.4) is 0 Å². The number of piperidine rings is 1. The Morgan fingerprint density at radius 2 is 2.38 bits per heavy atom. The molecule has 2 aromatic rings. The molecule has 7 heteroatoms. The number of ether oxygens (including phenoxy) is 1. The summed E-state index contributed by atoms with van der Waals surface area (Å²) in [5.41, 5.74) is 8.07. The van der Waals surface area contributed by atoms with Gasteiger partial charge in [0.2, 0.25) is 0 Å². The summed E-state index contributed by atoms with van der Waals surface area (Å²) in [6.07, 6.45) is 4.75. The van der Waals surface area contributed by atoms with Crippen LogP contribution in [0.2, 0.25) is 0 Å². The number of rotatable bonds is 2. The molecule has 2 N–H and O–H groups in total. The largest absolute Gasteiger partial charge is 0.383 e. The summed E-state index contributed by atoms with van der Waals surface area (Å²) in [4.78, 5) is 6.54. The Hall–Kier alpha value is -1.99. The molecule has 110 valence electrons. The van der Waals surface area contributed by atoms with E-state index in [0.717, 1.165) is 37.3 Å². The van der Waals surface area contributed by atoms with Crippen LogP contribution < -0.4 is 5.73 Å². The first-order valence-electron chi connectivity index (χ1n) is 7.23. The molecule has 2 aliphatic heterocycles. The standard InChI is InChI=1S/C14H18N6O/c15-14-10(2-1-4-16-14)7-19-5-3-13-12(8-19)20-11(9-21-13)6-17-18-20/h1-2,4,6,12-13H,3,5,7-9H2,(H2,15,16)/t12-,13-/m1/s1. The summed E-state index contributed by atoms with van der Waals surface area (Å²) in [7, 11) is 0. The molecule has 0 aromatic carbocycles. The van der Waals surface area contributed by atoms with E-state index in [-0.39, 0.29) is 12.1 Å². The molecular weight excluding hydrogens is 268 g/mol. The van der Waals surface area contributed by atoms with Crippen molar-refractivity contribution in [2.24, 2.45) is 0 Å². The van der Waals surface area contributed by atoms with E-state index >= 15 is 0 Å². The monoisotopic (exact) mass is 286 g/mol. The normalized spacial score (nSPS) is 25.3. The molecule has 1 fully saturated rings. The van der Waals surface area contributed by atoms with Gasteiger partial charge < -0.3 is 10.5 Å². The molecule has 2 atom stereocenters. The van der Waals surface area contributed by atoms with Gasteiger partial charge in [0, 0.05) is 31.4 Å². The van der Waals surface area contributed by atoms with Crippen LogP contribution in [0.15, 0.2) is 24.5 Å². The second-order valence-electron chi connectivity index (χ2n) is 5.66. The lowest BCUT2D eigenvalue weighted by Gasteiger charge is -2.41. The van der Waals surface area contributed by atoms with Crippen molar-refractivity contribution in [2.45, 2.75) is 31.7 Å². The average molecular weight is 286 g/mol. The first kappa shape index (κ1) is 12.7. The molecule has 7 nitrogen and oxygen atoms in total. The van der Waals surface area contributed by atoms with Crippen molar-refractivity contribution < 1.29 is 4.74 Å². The van der Waals surface area contributed by atoms with Crippen molar-refractivity contribution in [3.05, 3.63) is 35.8 Å². The van der Waals surface area contributed by atoms with Gasteiger partial charge in [-0.3, -0.25) is 4.90 Å². The Morgan fingerprint density at radius 3 is 3.29 bits per heavy atom. The van der Waals surface area contributed by atoms with Crippen molar-refractivity contribution in [1.82, 2.24) is 24.9 Å². The number of hydrogen-bond donors (Lipinski definition) is 1. The molecule has 4 rings (SSSR count). The van der Waals surface area contributed by atoms with Gasteiger partial charge in [0.1, 0.15) is 5.82 Å². The minimum Gasteiger partial charge on any atom is -0.383 e. The summed E-state index contributed by atoms with van der Waals surface area (Å²) < 4.78 is 7.95. The SMILES string of the molecule is Nc1ncccc1CN1CC[C@H]2OCc3cnnn3[C@@H]2C1. The van der Waals surface area contributed by atoms with Gasteiger partial charge in [-0.15, -0.1) is 5.10 Å². The van der Waals surface area contributed by atoms with Gasteiger partial charge in [-0.25, -0.2) is 9.67 Å². The van der Waals surface area contributed by atoms with E-state index < -0.39 is 0 Å². The molecule has 4 heterocycles. The van der Waals surface area contributed by atoms with Crippen LogP contribution in [0, 0.1) is 0 Å². The Kier molecular flexibility index (Phi) is 3.08. The van der Waals surface area contributed by atoms with Crippen molar-refractivity contribution in [2.75, 3.05) is 18.8 Å². The molecule has 1 saturated heterocycles. The lowest BCUT2D eigenvalue weighted by atomic mass is 10.00. The Bertz CT molecular complexity index is 642. The highest BCUT2D eigenvalue weighted by atomic mass is 16.5. The van der Waals surface area contributed by atoms with Gasteiger partial charge in [-0.05, 0) is 12.5 Å². The zero-order valence-electron chi connectivity index (χ0n) is 11.7. The van der Waals surface area contributed by atoms with Crippen molar-refractivity contribution in [1.29, 1.82) is 0 Å². The van der Waals surface area contributed by atoms with Crippen molar-refractivity contribution in [3.8, 4) is 0 Å². The summed E-state index contributed by atoms with van der Waals surface area (Å²) in [6.45, 7) is 3.32. The van der Waals surface area contributed by atoms with Gasteiger partial charge in [0.25, 0.3) is 0 Å². The summed E-state index contributed by atoms with van der Waals surface area (Å²) in [6, 6.07) is 4.20. The van der Waals surface area contributed by atoms with Crippen molar-refractivity contribution >= 4 is 5.82 Å². The number of likely N-dealkylation sites (tertiary alicyclic amines) is 1. The smallest absolute Gasteiger partial charge is 0.127 e. The molecule has 2 aliphatic rings. The van der Waals surface area contributed by atoms with Gasteiger partial charge in [0.15, 0.2) is 0 Å². The van der Waals surface area contributed by atoms with Crippen LogP contribution in [-0.4, -0.2) is 44.1 Å². The lowest BCUT2D eigenvalue weighted by molar-refractivity contribution is -0.0669. The van der Waals surface area contributed by atoms with Gasteiger partial charge in [-0.2, -0.15) is 0 Å². The highest BCUT2D eigenvalue weighted by Crippen LogP contribution is 2.30. The van der Waals surface area contributed by atoms with E-state index in [0.29, 0.717) is 12.4 Å². The minimum atomic E-state index is 0.238. The summed E-state index contributed by atoms with van der Waals surface area (Å²) >= 11 is 0. The van der Waals surface area contributed by atoms with Crippen molar-refractivity contribution in [3.63, 3.8) is 0 Å². The highest BCUT2D eigenvalue weighted by Gasteiger charge is 2.36. The third-order valence-electron chi connectivity index (χ3n) is 4.33. The number of nitrogen functional groups attached to an aromatic ring is 1. The first-order valence-corrected chi connectivity index (χ1v) is 7.23. The number of hydrogen-bond acceptors (Lipinski definition) is 6. The number of nitrogens with zero attached hydrogens (tertiary/aromatic N) is 5. The third kappa shape index (κ3) is 2.28. The number of nitrogens with two attached hydrogens (primary N) is 1. The summed E-state index contributed by atoms with van der Waals surface area (Å²) in [5, 5.41) is 8.23. The molecule has 0 radical (unpaired) electrons. The molecule has 0 amide bonds. The van der Waals surface area contributed by atoms with E-state index in [4.69, 9.17) is 10.5 Å². The van der Waals surface area contributed by atoms with Crippen LogP contribution in [0.1, 0.15) is 23.7 Å². The number of fused-ring (bicyclic) bond motifs is 3. The Morgan fingerprint density at radius 1 is 1.43 bits per heavy atom. The van der Waals surface area contributed by atoms with Gasteiger partial charge >= 0.3 is 0 Å². The molecule has 0 saturated carbocycles.